The molecule has 6 nitrogen and oxygen atoms in total. The Morgan fingerprint density at radius 3 is 2.50 bits per heavy atom. The molecule has 0 aromatic heterocycles. The molecule has 1 aliphatic rings. The van der Waals surface area contributed by atoms with Crippen molar-refractivity contribution < 1.29 is 19.4 Å². The van der Waals surface area contributed by atoms with Gasteiger partial charge in [0.05, 0.1) is 0 Å². The minimum atomic E-state index is -1.02. The molecular formula is C32H38N2O4S2. The van der Waals surface area contributed by atoms with E-state index in [0.29, 0.717) is 29.6 Å². The van der Waals surface area contributed by atoms with Crippen molar-refractivity contribution in [3.63, 3.8) is 0 Å². The summed E-state index contributed by atoms with van der Waals surface area (Å²) in [7, 11) is 0. The largest absolute Gasteiger partial charge is 0.492 e. The third-order valence-corrected chi connectivity index (χ3v) is 9.02. The monoisotopic (exact) mass is 578 g/mol. The van der Waals surface area contributed by atoms with Crippen LogP contribution >= 0.6 is 23.5 Å². The Kier molecular flexibility index (Phi) is 11.0. The van der Waals surface area contributed by atoms with Crippen molar-refractivity contribution in [2.24, 2.45) is 0 Å². The molecule has 3 atom stereocenters. The summed E-state index contributed by atoms with van der Waals surface area (Å²) in [6.07, 6.45) is 5.52. The van der Waals surface area contributed by atoms with Crippen molar-refractivity contribution in [2.75, 3.05) is 31.4 Å². The Bertz CT molecular complexity index is 1290. The van der Waals surface area contributed by atoms with Gasteiger partial charge in [-0.1, -0.05) is 48.5 Å². The quantitative estimate of drug-likeness (QED) is 0.258. The number of thioether (sulfide) groups is 2. The van der Waals surface area contributed by atoms with Gasteiger partial charge in [0.15, 0.2) is 0 Å². The number of ether oxygens (including phenoxy) is 1. The molecule has 0 spiro atoms. The summed E-state index contributed by atoms with van der Waals surface area (Å²) in [6, 6.07) is 23.2. The number of carboxylic acid groups (broad SMARTS) is 1. The second-order valence-corrected chi connectivity index (χ2v) is 12.3. The Balaban J connectivity index is 1.59. The molecule has 1 aliphatic heterocycles. The van der Waals surface area contributed by atoms with E-state index in [-0.39, 0.29) is 11.9 Å². The lowest BCUT2D eigenvalue weighted by atomic mass is 9.93. The van der Waals surface area contributed by atoms with Crippen molar-refractivity contribution >= 4 is 35.4 Å². The summed E-state index contributed by atoms with van der Waals surface area (Å²) < 4.78 is 6.14. The second kappa shape index (κ2) is 14.6. The van der Waals surface area contributed by atoms with Crippen LogP contribution in [0, 0.1) is 6.92 Å². The summed E-state index contributed by atoms with van der Waals surface area (Å²) >= 11 is 3.46. The summed E-state index contributed by atoms with van der Waals surface area (Å²) in [5.74, 6) is 0.154. The van der Waals surface area contributed by atoms with E-state index in [2.05, 4.69) is 22.5 Å². The summed E-state index contributed by atoms with van der Waals surface area (Å²) in [4.78, 5) is 27.7. The molecule has 3 unspecified atom stereocenters. The number of nitrogens with one attached hydrogen (secondary N) is 1. The third kappa shape index (κ3) is 7.83. The number of likely N-dealkylation sites (tertiary alicyclic amines) is 1. The molecule has 3 aromatic rings. The molecule has 3 aromatic carbocycles. The first-order valence-electron chi connectivity index (χ1n) is 13.6. The molecule has 1 saturated heterocycles. The van der Waals surface area contributed by atoms with E-state index in [0.717, 1.165) is 47.5 Å². The molecule has 8 heteroatoms. The topological polar surface area (TPSA) is 78.9 Å². The van der Waals surface area contributed by atoms with Gasteiger partial charge in [0.1, 0.15) is 18.4 Å². The van der Waals surface area contributed by atoms with E-state index in [1.807, 2.05) is 91.7 Å². The van der Waals surface area contributed by atoms with E-state index >= 15 is 0 Å². The van der Waals surface area contributed by atoms with Crippen molar-refractivity contribution in [1.29, 1.82) is 0 Å². The van der Waals surface area contributed by atoms with Gasteiger partial charge in [-0.05, 0) is 84.5 Å². The molecule has 2 N–H and O–H groups in total. The highest BCUT2D eigenvalue weighted by atomic mass is 32.2. The Labute approximate surface area is 245 Å². The first-order chi connectivity index (χ1) is 19.4. The van der Waals surface area contributed by atoms with Gasteiger partial charge in [-0.2, -0.15) is 23.5 Å². The van der Waals surface area contributed by atoms with Crippen LogP contribution in [0.15, 0.2) is 72.8 Å². The van der Waals surface area contributed by atoms with Crippen molar-refractivity contribution in [3.05, 3.63) is 89.5 Å². The number of para-hydroxylation sites is 1. The number of amides is 1. The zero-order chi connectivity index (χ0) is 28.5. The predicted molar refractivity (Wildman–Crippen MR) is 167 cm³/mol. The Morgan fingerprint density at radius 1 is 1.05 bits per heavy atom. The maximum atomic E-state index is 13.4. The molecule has 1 fully saturated rings. The van der Waals surface area contributed by atoms with Gasteiger partial charge in [-0.25, -0.2) is 4.79 Å². The normalized spacial score (nSPS) is 17.9. The van der Waals surface area contributed by atoms with Gasteiger partial charge in [-0.15, -0.1) is 0 Å². The van der Waals surface area contributed by atoms with Crippen molar-refractivity contribution in [2.45, 2.75) is 43.6 Å². The first-order valence-corrected chi connectivity index (χ1v) is 16.2. The number of rotatable bonds is 13. The van der Waals surface area contributed by atoms with Crippen molar-refractivity contribution in [3.8, 4) is 16.9 Å². The lowest BCUT2D eigenvalue weighted by Gasteiger charge is -2.25. The molecule has 0 saturated carbocycles. The predicted octanol–water partition coefficient (Wildman–Crippen LogP) is 5.98. The minimum Gasteiger partial charge on any atom is -0.492 e. The summed E-state index contributed by atoms with van der Waals surface area (Å²) in [5.41, 5.74) is 4.44. The molecule has 0 bridgehead atoms. The highest BCUT2D eigenvalue weighted by molar-refractivity contribution is 7.99. The fourth-order valence-electron chi connectivity index (χ4n) is 5.13. The van der Waals surface area contributed by atoms with E-state index < -0.39 is 12.0 Å². The van der Waals surface area contributed by atoms with Crippen LogP contribution in [0.5, 0.6) is 5.75 Å². The number of benzene rings is 3. The highest BCUT2D eigenvalue weighted by Gasteiger charge is 2.32. The standard InChI is InChI=1S/C32H38N2O4S2/c1-22-9-7-8-12-27(22)29-17-23(13-14-28(29)31(35)33-30(32(36)37)15-16-39-2)19-34-20-26(40-3)18-24(34)21-38-25-10-5-4-6-11-25/h4-14,17,24,26,30H,15-16,18-21H2,1-3H3,(H,33,35)(H,36,37). The zero-order valence-corrected chi connectivity index (χ0v) is 25.0. The molecule has 1 heterocycles. The molecule has 40 heavy (non-hydrogen) atoms. The SMILES string of the molecule is CSCCC(NC(=O)c1ccc(CN2CC(SC)CC2COc2ccccc2)cc1-c1ccccc1C)C(=O)O. The van der Waals surface area contributed by atoms with Gasteiger partial charge in [0, 0.05) is 29.9 Å². The number of hydrogen-bond acceptors (Lipinski definition) is 6. The Morgan fingerprint density at radius 2 is 1.80 bits per heavy atom. The van der Waals surface area contributed by atoms with E-state index in [4.69, 9.17) is 4.74 Å². The first kappa shape index (κ1) is 30.0. The van der Waals surface area contributed by atoms with E-state index in [1.165, 1.54) is 0 Å². The van der Waals surface area contributed by atoms with Gasteiger partial charge >= 0.3 is 5.97 Å². The number of nitrogens with zero attached hydrogens (tertiary/aromatic N) is 1. The molecular weight excluding hydrogens is 540 g/mol. The number of aryl methyl sites for hydroxylation is 1. The van der Waals surface area contributed by atoms with Crippen molar-refractivity contribution in [1.82, 2.24) is 10.2 Å². The van der Waals surface area contributed by atoms with Gasteiger partial charge < -0.3 is 15.2 Å². The average molecular weight is 579 g/mol. The van der Waals surface area contributed by atoms with Crippen LogP contribution in [0.3, 0.4) is 0 Å². The van der Waals surface area contributed by atoms with Crippen LogP contribution in [-0.2, 0) is 11.3 Å². The molecule has 0 radical (unpaired) electrons. The fourth-order valence-corrected chi connectivity index (χ4v) is 6.36. The third-order valence-electron chi connectivity index (χ3n) is 7.37. The number of aliphatic carboxylic acids is 1. The lowest BCUT2D eigenvalue weighted by molar-refractivity contribution is -0.139. The molecule has 0 aliphatic carbocycles. The maximum absolute atomic E-state index is 13.4. The average Bonchev–Trinajstić information content (AvgIpc) is 3.36. The number of carboxylic acids is 1. The maximum Gasteiger partial charge on any atom is 0.326 e. The van der Waals surface area contributed by atoms with Crippen LogP contribution < -0.4 is 10.1 Å². The van der Waals surface area contributed by atoms with Gasteiger partial charge in [0.2, 0.25) is 0 Å². The van der Waals surface area contributed by atoms with Crippen LogP contribution in [0.25, 0.3) is 11.1 Å². The summed E-state index contributed by atoms with van der Waals surface area (Å²) in [5, 5.41) is 13.0. The van der Waals surface area contributed by atoms with Crippen LogP contribution in [0.4, 0.5) is 0 Å². The second-order valence-electron chi connectivity index (χ2n) is 10.1. The summed E-state index contributed by atoms with van der Waals surface area (Å²) in [6.45, 7) is 4.37. The van der Waals surface area contributed by atoms with E-state index in [9.17, 15) is 14.7 Å². The zero-order valence-electron chi connectivity index (χ0n) is 23.3. The molecule has 4 rings (SSSR count). The smallest absolute Gasteiger partial charge is 0.326 e. The van der Waals surface area contributed by atoms with E-state index in [1.54, 1.807) is 11.8 Å². The number of carbonyl (C=O) groups is 2. The molecule has 1 amide bonds. The highest BCUT2D eigenvalue weighted by Crippen LogP contribution is 2.32. The molecule has 212 valence electrons. The minimum absolute atomic E-state index is 0.287. The fraction of sp³-hybridized carbons (Fsp3) is 0.375. The number of carbonyl (C=O) groups excluding carboxylic acids is 1. The lowest BCUT2D eigenvalue weighted by Crippen LogP contribution is -2.41. The van der Waals surface area contributed by atoms with Crippen LogP contribution in [0.2, 0.25) is 0 Å². The number of hydrogen-bond donors (Lipinski definition) is 2. The Hall–Kier alpha value is -2.94. The van der Waals surface area contributed by atoms with Gasteiger partial charge in [-0.3, -0.25) is 9.69 Å². The van der Waals surface area contributed by atoms with Gasteiger partial charge in [0.25, 0.3) is 5.91 Å². The van der Waals surface area contributed by atoms with Crippen LogP contribution in [0.1, 0.15) is 34.3 Å². The van der Waals surface area contributed by atoms with Crippen LogP contribution in [-0.4, -0.2) is 70.6 Å².